The molecule has 0 spiro atoms. The van der Waals surface area contributed by atoms with Gasteiger partial charge in [-0.15, -0.1) is 0 Å². The van der Waals surface area contributed by atoms with Gasteiger partial charge in [0.05, 0.1) is 6.04 Å². The second-order valence-electron chi connectivity index (χ2n) is 5.42. The van der Waals surface area contributed by atoms with Crippen molar-refractivity contribution in [3.8, 4) is 0 Å². The summed E-state index contributed by atoms with van der Waals surface area (Å²) in [5, 5.41) is 8.90. The number of amides is 2. The number of carbonyl (C=O) groups excluding carboxylic acids is 2. The SMILES string of the molecule is CC1c2ccc(N3CCCC3=O)cc2C(=O)N1CC(=O)O. The molecule has 0 saturated carbocycles. The van der Waals surface area contributed by atoms with E-state index >= 15 is 0 Å². The Morgan fingerprint density at radius 3 is 2.76 bits per heavy atom. The van der Waals surface area contributed by atoms with E-state index in [1.807, 2.05) is 19.1 Å². The molecule has 0 aliphatic carbocycles. The van der Waals surface area contributed by atoms with E-state index in [9.17, 15) is 14.4 Å². The summed E-state index contributed by atoms with van der Waals surface area (Å²) < 4.78 is 0. The number of rotatable bonds is 3. The Bertz CT molecular complexity index is 641. The van der Waals surface area contributed by atoms with Gasteiger partial charge in [-0.05, 0) is 31.0 Å². The molecule has 110 valence electrons. The van der Waals surface area contributed by atoms with Gasteiger partial charge in [-0.1, -0.05) is 6.07 Å². The summed E-state index contributed by atoms with van der Waals surface area (Å²) >= 11 is 0. The molecular formula is C15H16N2O4. The Hall–Kier alpha value is -2.37. The van der Waals surface area contributed by atoms with Gasteiger partial charge in [0, 0.05) is 24.2 Å². The Morgan fingerprint density at radius 1 is 1.38 bits per heavy atom. The number of carboxylic acid groups (broad SMARTS) is 1. The molecule has 0 radical (unpaired) electrons. The van der Waals surface area contributed by atoms with Gasteiger partial charge in [-0.25, -0.2) is 0 Å². The van der Waals surface area contributed by atoms with Gasteiger partial charge < -0.3 is 14.9 Å². The van der Waals surface area contributed by atoms with Crippen molar-refractivity contribution in [2.24, 2.45) is 0 Å². The van der Waals surface area contributed by atoms with Crippen LogP contribution in [0.25, 0.3) is 0 Å². The van der Waals surface area contributed by atoms with Crippen LogP contribution in [-0.2, 0) is 9.59 Å². The van der Waals surface area contributed by atoms with Crippen LogP contribution in [0.1, 0.15) is 41.7 Å². The highest BCUT2D eigenvalue weighted by Gasteiger charge is 2.35. The van der Waals surface area contributed by atoms with Crippen molar-refractivity contribution in [2.45, 2.75) is 25.8 Å². The average molecular weight is 288 g/mol. The van der Waals surface area contributed by atoms with Crippen LogP contribution in [-0.4, -0.2) is 40.9 Å². The van der Waals surface area contributed by atoms with Crippen LogP contribution in [0.15, 0.2) is 18.2 Å². The number of anilines is 1. The molecule has 2 amide bonds. The fourth-order valence-corrected chi connectivity index (χ4v) is 3.04. The Labute approximate surface area is 122 Å². The maximum absolute atomic E-state index is 12.4. The van der Waals surface area contributed by atoms with Gasteiger partial charge in [0.25, 0.3) is 5.91 Å². The highest BCUT2D eigenvalue weighted by Crippen LogP contribution is 2.36. The predicted molar refractivity (Wildman–Crippen MR) is 75.1 cm³/mol. The lowest BCUT2D eigenvalue weighted by atomic mass is 10.0. The largest absolute Gasteiger partial charge is 0.480 e. The van der Waals surface area contributed by atoms with Crippen molar-refractivity contribution in [2.75, 3.05) is 18.0 Å². The molecule has 1 aromatic rings. The summed E-state index contributed by atoms with van der Waals surface area (Å²) in [5.74, 6) is -1.25. The molecular weight excluding hydrogens is 272 g/mol. The van der Waals surface area contributed by atoms with Crippen LogP contribution in [0.3, 0.4) is 0 Å². The van der Waals surface area contributed by atoms with Gasteiger partial charge >= 0.3 is 5.97 Å². The molecule has 2 aliphatic heterocycles. The first-order valence-corrected chi connectivity index (χ1v) is 6.96. The third-order valence-electron chi connectivity index (χ3n) is 4.14. The molecule has 1 fully saturated rings. The molecule has 0 bridgehead atoms. The monoisotopic (exact) mass is 288 g/mol. The molecule has 21 heavy (non-hydrogen) atoms. The Morgan fingerprint density at radius 2 is 2.14 bits per heavy atom. The lowest BCUT2D eigenvalue weighted by Gasteiger charge is -2.19. The maximum Gasteiger partial charge on any atom is 0.323 e. The second kappa shape index (κ2) is 4.87. The van der Waals surface area contributed by atoms with Crippen molar-refractivity contribution in [1.82, 2.24) is 4.90 Å². The van der Waals surface area contributed by atoms with E-state index in [1.165, 1.54) is 4.90 Å². The van der Waals surface area contributed by atoms with E-state index in [-0.39, 0.29) is 24.4 Å². The van der Waals surface area contributed by atoms with Gasteiger partial charge in [0.1, 0.15) is 6.54 Å². The number of nitrogens with zero attached hydrogens (tertiary/aromatic N) is 2. The molecule has 1 saturated heterocycles. The highest BCUT2D eigenvalue weighted by molar-refractivity contribution is 6.03. The predicted octanol–water partition coefficient (Wildman–Crippen LogP) is 1.41. The summed E-state index contributed by atoms with van der Waals surface area (Å²) in [6.45, 7) is 2.17. The van der Waals surface area contributed by atoms with E-state index in [0.29, 0.717) is 24.2 Å². The van der Waals surface area contributed by atoms with Crippen LogP contribution in [0.2, 0.25) is 0 Å². The zero-order chi connectivity index (χ0) is 15.1. The molecule has 0 aromatic heterocycles. The van der Waals surface area contributed by atoms with Crippen LogP contribution in [0.4, 0.5) is 5.69 Å². The van der Waals surface area contributed by atoms with Crippen molar-refractivity contribution in [1.29, 1.82) is 0 Å². The third kappa shape index (κ3) is 2.16. The van der Waals surface area contributed by atoms with E-state index in [2.05, 4.69) is 0 Å². The minimum atomic E-state index is -1.03. The summed E-state index contributed by atoms with van der Waals surface area (Å²) in [5.41, 5.74) is 2.03. The summed E-state index contributed by atoms with van der Waals surface area (Å²) in [7, 11) is 0. The lowest BCUT2D eigenvalue weighted by Crippen LogP contribution is -2.32. The van der Waals surface area contributed by atoms with Gasteiger partial charge in [-0.3, -0.25) is 14.4 Å². The number of benzene rings is 1. The van der Waals surface area contributed by atoms with Crippen molar-refractivity contribution >= 4 is 23.5 Å². The first kappa shape index (κ1) is 13.6. The van der Waals surface area contributed by atoms with E-state index in [0.717, 1.165) is 12.0 Å². The van der Waals surface area contributed by atoms with Crippen LogP contribution in [0.5, 0.6) is 0 Å². The fraction of sp³-hybridized carbons (Fsp3) is 0.400. The standard InChI is InChI=1S/C15H16N2O4/c1-9-11-5-4-10(16-6-2-3-13(16)18)7-12(11)15(21)17(9)8-14(19)20/h4-5,7,9H,2-3,6,8H2,1H3,(H,19,20). The summed E-state index contributed by atoms with van der Waals surface area (Å²) in [6, 6.07) is 5.10. The Balaban J connectivity index is 1.94. The number of fused-ring (bicyclic) bond motifs is 1. The second-order valence-corrected chi connectivity index (χ2v) is 5.42. The van der Waals surface area contributed by atoms with Gasteiger partial charge in [-0.2, -0.15) is 0 Å². The minimum absolute atomic E-state index is 0.0656. The molecule has 1 aromatic carbocycles. The molecule has 2 aliphatic rings. The van der Waals surface area contributed by atoms with E-state index in [1.54, 1.807) is 11.0 Å². The van der Waals surface area contributed by atoms with Crippen LogP contribution < -0.4 is 4.90 Å². The maximum atomic E-state index is 12.4. The summed E-state index contributed by atoms with van der Waals surface area (Å²) in [6.07, 6.45) is 1.36. The third-order valence-corrected chi connectivity index (χ3v) is 4.14. The van der Waals surface area contributed by atoms with E-state index < -0.39 is 5.97 Å². The minimum Gasteiger partial charge on any atom is -0.480 e. The molecule has 1 N–H and O–H groups in total. The fourth-order valence-electron chi connectivity index (χ4n) is 3.04. The van der Waals surface area contributed by atoms with E-state index in [4.69, 9.17) is 5.11 Å². The number of aliphatic carboxylic acids is 1. The highest BCUT2D eigenvalue weighted by atomic mass is 16.4. The topological polar surface area (TPSA) is 77.9 Å². The van der Waals surface area contributed by atoms with Crippen LogP contribution >= 0.6 is 0 Å². The van der Waals surface area contributed by atoms with Gasteiger partial charge in [0.2, 0.25) is 5.91 Å². The van der Waals surface area contributed by atoms with Crippen molar-refractivity contribution in [3.05, 3.63) is 29.3 Å². The molecule has 1 atom stereocenters. The molecule has 6 nitrogen and oxygen atoms in total. The zero-order valence-electron chi connectivity index (χ0n) is 11.7. The normalized spacial score (nSPS) is 21.1. The van der Waals surface area contributed by atoms with Crippen molar-refractivity contribution < 1.29 is 19.5 Å². The first-order valence-electron chi connectivity index (χ1n) is 6.96. The quantitative estimate of drug-likeness (QED) is 0.912. The number of carbonyl (C=O) groups is 3. The van der Waals surface area contributed by atoms with Crippen molar-refractivity contribution in [3.63, 3.8) is 0 Å². The molecule has 6 heteroatoms. The smallest absolute Gasteiger partial charge is 0.323 e. The summed E-state index contributed by atoms with van der Waals surface area (Å²) in [4.78, 5) is 38.0. The Kier molecular flexibility index (Phi) is 3.16. The number of hydrogen-bond donors (Lipinski definition) is 1. The zero-order valence-corrected chi connectivity index (χ0v) is 11.7. The van der Waals surface area contributed by atoms with Gasteiger partial charge in [0.15, 0.2) is 0 Å². The molecule has 1 unspecified atom stereocenters. The average Bonchev–Trinajstić information content (AvgIpc) is 2.96. The number of hydrogen-bond acceptors (Lipinski definition) is 3. The lowest BCUT2D eigenvalue weighted by molar-refractivity contribution is -0.138. The molecule has 3 rings (SSSR count). The van der Waals surface area contributed by atoms with Crippen LogP contribution in [0, 0.1) is 0 Å². The number of carboxylic acids is 1. The first-order chi connectivity index (χ1) is 9.99. The molecule has 2 heterocycles.